The molecule has 0 fully saturated rings. The summed E-state index contributed by atoms with van der Waals surface area (Å²) in [5, 5.41) is 0.298. The van der Waals surface area contributed by atoms with Gasteiger partial charge in [-0.15, -0.1) is 0 Å². The molecule has 1 aromatic carbocycles. The van der Waals surface area contributed by atoms with Crippen molar-refractivity contribution in [3.05, 3.63) is 23.2 Å². The van der Waals surface area contributed by atoms with E-state index in [1.54, 1.807) is 32.9 Å². The Morgan fingerprint density at radius 1 is 1.32 bits per heavy atom. The first kappa shape index (κ1) is 16.5. The molecule has 108 valence electrons. The quantitative estimate of drug-likeness (QED) is 0.862. The van der Waals surface area contributed by atoms with Gasteiger partial charge in [0.1, 0.15) is 0 Å². The third-order valence-corrected chi connectivity index (χ3v) is 7.38. The molecule has 19 heavy (non-hydrogen) atoms. The number of nitrogens with two attached hydrogens (primary N) is 1. The van der Waals surface area contributed by atoms with E-state index in [2.05, 4.69) is 0 Å². The molecule has 1 rings (SSSR count). The van der Waals surface area contributed by atoms with Crippen molar-refractivity contribution < 1.29 is 12.6 Å². The average molecular weight is 324 g/mol. The standard InChI is InChI=1S/C12H18ClNO3S2/c1-12(2,3)19(16,17)7-6-18(15)11-5-4-9(14)8-10(11)13/h4-5,8H,6-7,14H2,1-3H3. The molecule has 1 aromatic rings. The van der Waals surface area contributed by atoms with Gasteiger partial charge in [-0.25, -0.2) is 8.42 Å². The molecule has 0 aliphatic carbocycles. The maximum Gasteiger partial charge on any atom is 0.156 e. The maximum absolute atomic E-state index is 12.1. The summed E-state index contributed by atoms with van der Waals surface area (Å²) in [5.41, 5.74) is 6.03. The molecule has 0 saturated heterocycles. The zero-order chi connectivity index (χ0) is 14.8. The first-order valence-electron chi connectivity index (χ1n) is 5.70. The maximum atomic E-state index is 12.1. The third kappa shape index (κ3) is 4.19. The zero-order valence-electron chi connectivity index (χ0n) is 11.1. The number of hydrogen-bond donors (Lipinski definition) is 1. The first-order chi connectivity index (χ1) is 8.54. The largest absolute Gasteiger partial charge is 0.399 e. The highest BCUT2D eigenvalue weighted by Crippen LogP contribution is 2.23. The Kier molecular flexibility index (Phi) is 5.03. The van der Waals surface area contributed by atoms with Gasteiger partial charge in [-0.3, -0.25) is 4.21 Å². The number of rotatable bonds is 4. The van der Waals surface area contributed by atoms with Gasteiger partial charge in [0.15, 0.2) is 9.84 Å². The molecule has 4 nitrogen and oxygen atoms in total. The average Bonchev–Trinajstić information content (AvgIpc) is 2.24. The molecule has 0 heterocycles. The van der Waals surface area contributed by atoms with Crippen molar-refractivity contribution in [1.29, 1.82) is 0 Å². The van der Waals surface area contributed by atoms with Crippen molar-refractivity contribution in [3.63, 3.8) is 0 Å². The van der Waals surface area contributed by atoms with Crippen LogP contribution in [-0.2, 0) is 20.6 Å². The Morgan fingerprint density at radius 2 is 1.89 bits per heavy atom. The number of anilines is 1. The molecule has 0 radical (unpaired) electrons. The lowest BCUT2D eigenvalue weighted by Gasteiger charge is -2.18. The van der Waals surface area contributed by atoms with Gasteiger partial charge in [-0.05, 0) is 39.0 Å². The fourth-order valence-electron chi connectivity index (χ4n) is 1.30. The van der Waals surface area contributed by atoms with Crippen LogP contribution in [0, 0.1) is 0 Å². The second-order valence-electron chi connectivity index (χ2n) is 5.17. The molecule has 0 spiro atoms. The Labute approximate surface area is 121 Å². The highest BCUT2D eigenvalue weighted by Gasteiger charge is 2.29. The molecule has 0 aromatic heterocycles. The number of halogens is 1. The van der Waals surface area contributed by atoms with Crippen LogP contribution in [0.5, 0.6) is 0 Å². The van der Waals surface area contributed by atoms with Crippen LogP contribution >= 0.6 is 11.6 Å². The molecule has 0 aliphatic rings. The summed E-state index contributed by atoms with van der Waals surface area (Å²) in [6.07, 6.45) is 0. The molecule has 0 aliphatic heterocycles. The van der Waals surface area contributed by atoms with E-state index in [1.807, 2.05) is 0 Å². The summed E-state index contributed by atoms with van der Waals surface area (Å²) in [7, 11) is -4.73. The van der Waals surface area contributed by atoms with Gasteiger partial charge < -0.3 is 5.73 Å². The summed E-state index contributed by atoms with van der Waals surface area (Å²) in [4.78, 5) is 0.417. The number of benzene rings is 1. The second-order valence-corrected chi connectivity index (χ2v) is 9.98. The SMILES string of the molecule is CC(C)(C)S(=O)(=O)CCS(=O)c1ccc(N)cc1Cl. The summed E-state index contributed by atoms with van der Waals surface area (Å²) in [6.45, 7) is 4.88. The van der Waals surface area contributed by atoms with Crippen molar-refractivity contribution in [2.24, 2.45) is 0 Å². The van der Waals surface area contributed by atoms with Gasteiger partial charge in [0.05, 0.1) is 31.2 Å². The van der Waals surface area contributed by atoms with Crippen LogP contribution in [0.2, 0.25) is 5.02 Å². The van der Waals surface area contributed by atoms with Crippen molar-refractivity contribution in [1.82, 2.24) is 0 Å². The molecule has 1 unspecified atom stereocenters. The van der Waals surface area contributed by atoms with E-state index < -0.39 is 25.4 Å². The fraction of sp³-hybridized carbons (Fsp3) is 0.500. The predicted molar refractivity (Wildman–Crippen MR) is 80.7 cm³/mol. The summed E-state index contributed by atoms with van der Waals surface area (Å²) < 4.78 is 35.1. The van der Waals surface area contributed by atoms with Crippen molar-refractivity contribution >= 4 is 37.9 Å². The van der Waals surface area contributed by atoms with Crippen LogP contribution in [0.25, 0.3) is 0 Å². The van der Waals surface area contributed by atoms with E-state index >= 15 is 0 Å². The van der Waals surface area contributed by atoms with E-state index in [9.17, 15) is 12.6 Å². The molecule has 0 bridgehead atoms. The normalized spacial score (nSPS) is 14.3. The summed E-state index contributed by atoms with van der Waals surface area (Å²) in [6, 6.07) is 4.67. The van der Waals surface area contributed by atoms with E-state index in [0.29, 0.717) is 15.6 Å². The minimum absolute atomic E-state index is 0.0310. The van der Waals surface area contributed by atoms with Gasteiger partial charge in [0, 0.05) is 11.4 Å². The van der Waals surface area contributed by atoms with Crippen LogP contribution in [0.3, 0.4) is 0 Å². The minimum atomic E-state index is -3.28. The smallest absolute Gasteiger partial charge is 0.156 e. The highest BCUT2D eigenvalue weighted by atomic mass is 35.5. The Balaban J connectivity index is 2.82. The Morgan fingerprint density at radius 3 is 2.37 bits per heavy atom. The van der Waals surface area contributed by atoms with E-state index in [-0.39, 0.29) is 11.5 Å². The Hall–Kier alpha value is -0.590. The fourth-order valence-corrected chi connectivity index (χ4v) is 4.56. The molecule has 0 amide bonds. The Bertz CT molecular complexity index is 591. The summed E-state index contributed by atoms with van der Waals surface area (Å²) in [5.74, 6) is -0.104. The van der Waals surface area contributed by atoms with Gasteiger partial charge in [0.25, 0.3) is 0 Å². The molecule has 1 atom stereocenters. The lowest BCUT2D eigenvalue weighted by molar-refractivity contribution is 0.561. The second kappa shape index (κ2) is 5.81. The van der Waals surface area contributed by atoms with Gasteiger partial charge >= 0.3 is 0 Å². The number of sulfone groups is 1. The van der Waals surface area contributed by atoms with Crippen LogP contribution in [0.1, 0.15) is 20.8 Å². The van der Waals surface area contributed by atoms with Gasteiger partial charge in [0.2, 0.25) is 0 Å². The number of nitrogen functional groups attached to an aromatic ring is 1. The third-order valence-electron chi connectivity index (χ3n) is 2.67. The van der Waals surface area contributed by atoms with Crippen molar-refractivity contribution in [2.75, 3.05) is 17.2 Å². The van der Waals surface area contributed by atoms with Crippen LogP contribution in [-0.4, -0.2) is 28.9 Å². The van der Waals surface area contributed by atoms with Gasteiger partial charge in [-0.2, -0.15) is 0 Å². The van der Waals surface area contributed by atoms with Gasteiger partial charge in [-0.1, -0.05) is 11.6 Å². The molecular formula is C12H18ClNO3S2. The molecular weight excluding hydrogens is 306 g/mol. The lowest BCUT2D eigenvalue weighted by atomic mass is 10.3. The lowest BCUT2D eigenvalue weighted by Crippen LogP contribution is -2.32. The van der Waals surface area contributed by atoms with Crippen molar-refractivity contribution in [2.45, 2.75) is 30.4 Å². The molecule has 2 N–H and O–H groups in total. The summed E-state index contributed by atoms with van der Waals surface area (Å²) >= 11 is 5.94. The van der Waals surface area contributed by atoms with Crippen LogP contribution in [0.15, 0.2) is 23.1 Å². The van der Waals surface area contributed by atoms with E-state index in [0.717, 1.165) is 0 Å². The first-order valence-corrected chi connectivity index (χ1v) is 9.05. The molecule has 0 saturated carbocycles. The predicted octanol–water partition coefficient (Wildman–Crippen LogP) is 2.24. The zero-order valence-corrected chi connectivity index (χ0v) is 13.5. The van der Waals surface area contributed by atoms with Crippen LogP contribution < -0.4 is 5.73 Å². The molecule has 7 heteroatoms. The minimum Gasteiger partial charge on any atom is -0.399 e. The van der Waals surface area contributed by atoms with E-state index in [4.69, 9.17) is 17.3 Å². The highest BCUT2D eigenvalue weighted by molar-refractivity contribution is 7.94. The van der Waals surface area contributed by atoms with Crippen LogP contribution in [0.4, 0.5) is 5.69 Å². The topological polar surface area (TPSA) is 77.2 Å². The monoisotopic (exact) mass is 323 g/mol. The number of hydrogen-bond acceptors (Lipinski definition) is 4. The van der Waals surface area contributed by atoms with Crippen molar-refractivity contribution in [3.8, 4) is 0 Å². The van der Waals surface area contributed by atoms with E-state index in [1.165, 1.54) is 6.07 Å².